The molecule has 1 atom stereocenters. The van der Waals surface area contributed by atoms with Crippen molar-refractivity contribution in [3.05, 3.63) is 41.1 Å². The van der Waals surface area contributed by atoms with E-state index in [4.69, 9.17) is 10.7 Å². The van der Waals surface area contributed by atoms with Crippen LogP contribution in [-0.4, -0.2) is 57.6 Å². The molecule has 11 heteroatoms. The first-order valence-electron chi connectivity index (χ1n) is 13.7. The number of hydrogen-bond donors (Lipinski definition) is 2. The van der Waals surface area contributed by atoms with Crippen LogP contribution in [0.4, 0.5) is 5.82 Å². The molecule has 1 aromatic carbocycles. The fourth-order valence-electron chi connectivity index (χ4n) is 5.35. The van der Waals surface area contributed by atoms with Crippen LogP contribution in [0.15, 0.2) is 29.3 Å². The van der Waals surface area contributed by atoms with E-state index in [0.29, 0.717) is 47.8 Å². The van der Waals surface area contributed by atoms with Crippen LogP contribution in [0.25, 0.3) is 16.9 Å². The van der Waals surface area contributed by atoms with Gasteiger partial charge in [0.1, 0.15) is 5.56 Å². The van der Waals surface area contributed by atoms with Crippen LogP contribution in [0.1, 0.15) is 73.4 Å². The van der Waals surface area contributed by atoms with Gasteiger partial charge in [-0.25, -0.2) is 17.9 Å². The van der Waals surface area contributed by atoms with E-state index in [1.165, 1.54) is 4.52 Å². The number of aromatic nitrogens is 3. The Labute approximate surface area is 227 Å². The van der Waals surface area contributed by atoms with Gasteiger partial charge in [0.15, 0.2) is 21.3 Å². The summed E-state index contributed by atoms with van der Waals surface area (Å²) in [7, 11) is -3.56. The van der Waals surface area contributed by atoms with E-state index in [0.717, 1.165) is 44.1 Å². The largest absolute Gasteiger partial charge is 0.381 e. The van der Waals surface area contributed by atoms with Gasteiger partial charge in [-0.3, -0.25) is 9.59 Å². The highest BCUT2D eigenvalue weighted by molar-refractivity contribution is 7.92. The van der Waals surface area contributed by atoms with Gasteiger partial charge in [0.25, 0.3) is 5.91 Å². The fraction of sp³-hybridized carbons (Fsp3) is 0.500. The summed E-state index contributed by atoms with van der Waals surface area (Å²) in [4.78, 5) is 31.8. The van der Waals surface area contributed by atoms with Gasteiger partial charge in [-0.15, -0.1) is 5.10 Å². The molecular formula is C28H34N6O4S. The maximum Gasteiger partial charge on any atom is 0.259 e. The number of nitrogen functional groups attached to an aromatic ring is 1. The van der Waals surface area contributed by atoms with Crippen LogP contribution in [0.3, 0.4) is 0 Å². The minimum absolute atomic E-state index is 0.0778. The molecule has 10 nitrogen and oxygen atoms in total. The lowest BCUT2D eigenvalue weighted by molar-refractivity contribution is -0.120. The molecule has 1 unspecified atom stereocenters. The van der Waals surface area contributed by atoms with Crippen molar-refractivity contribution in [2.75, 3.05) is 5.73 Å². The maximum absolute atomic E-state index is 13.7. The van der Waals surface area contributed by atoms with Gasteiger partial charge in [-0.2, -0.15) is 0 Å². The summed E-state index contributed by atoms with van der Waals surface area (Å²) < 4.78 is 28.8. The third-order valence-electron chi connectivity index (χ3n) is 8.53. The van der Waals surface area contributed by atoms with Crippen molar-refractivity contribution in [2.45, 2.75) is 87.6 Å². The molecule has 3 aliphatic carbocycles. The first kappa shape index (κ1) is 25.8. The number of fused-ring (bicyclic) bond motifs is 1. The number of rotatable bonds is 10. The number of amides is 2. The summed E-state index contributed by atoms with van der Waals surface area (Å²) in [5.41, 5.74) is 9.16. The third kappa shape index (κ3) is 4.77. The van der Waals surface area contributed by atoms with Crippen LogP contribution in [0.2, 0.25) is 0 Å². The minimum atomic E-state index is -3.56. The van der Waals surface area contributed by atoms with Gasteiger partial charge < -0.3 is 16.0 Å². The Balaban J connectivity index is 1.45. The molecule has 0 radical (unpaired) electrons. The molecule has 3 saturated carbocycles. The van der Waals surface area contributed by atoms with Crippen molar-refractivity contribution in [3.8, 4) is 11.3 Å². The smallest absolute Gasteiger partial charge is 0.259 e. The number of carbonyl (C=O) groups is 2. The van der Waals surface area contributed by atoms with Crippen molar-refractivity contribution in [1.29, 1.82) is 0 Å². The highest BCUT2D eigenvalue weighted by Crippen LogP contribution is 2.38. The quantitative estimate of drug-likeness (QED) is 0.369. The zero-order valence-corrected chi connectivity index (χ0v) is 23.1. The van der Waals surface area contributed by atoms with E-state index in [-0.39, 0.29) is 34.3 Å². The standard InChI is InChI=1S/C28H34N6O4S/c1-16-20(14-33(15-35)17(2)18-6-7-18)12-19(13-24(16)39(37,38)22-4-3-5-22)23-10-11-34-27(31-23)25(26(29)32-34)28(36)30-21-8-9-21/h10-13,15,17-18,21-22H,3-9,14H2,1-2H3,(H2,29,32)(H,30,36). The first-order chi connectivity index (χ1) is 18.7. The highest BCUT2D eigenvalue weighted by atomic mass is 32.2. The predicted octanol–water partition coefficient (Wildman–Crippen LogP) is 3.26. The average molecular weight is 551 g/mol. The summed E-state index contributed by atoms with van der Waals surface area (Å²) in [6.07, 6.45) is 8.81. The number of hydrogen-bond acceptors (Lipinski definition) is 7. The molecule has 3 fully saturated rings. The van der Waals surface area contributed by atoms with E-state index < -0.39 is 15.1 Å². The molecule has 39 heavy (non-hydrogen) atoms. The number of nitrogens with one attached hydrogen (secondary N) is 1. The molecule has 206 valence electrons. The number of sulfone groups is 1. The third-order valence-corrected chi connectivity index (χ3v) is 10.9. The van der Waals surface area contributed by atoms with Gasteiger partial charge in [0.05, 0.1) is 15.8 Å². The van der Waals surface area contributed by atoms with Crippen molar-refractivity contribution < 1.29 is 18.0 Å². The van der Waals surface area contributed by atoms with E-state index in [2.05, 4.69) is 10.4 Å². The normalized spacial score (nSPS) is 18.5. The van der Waals surface area contributed by atoms with Crippen molar-refractivity contribution in [3.63, 3.8) is 0 Å². The van der Waals surface area contributed by atoms with Gasteiger partial charge >= 0.3 is 0 Å². The molecule has 0 saturated heterocycles. The second-order valence-electron chi connectivity index (χ2n) is 11.3. The summed E-state index contributed by atoms with van der Waals surface area (Å²) in [6, 6.07) is 5.56. The monoisotopic (exact) mass is 550 g/mol. The molecule has 0 aliphatic heterocycles. The van der Waals surface area contributed by atoms with Gasteiger partial charge in [-0.1, -0.05) is 6.42 Å². The Morgan fingerprint density at radius 2 is 1.97 bits per heavy atom. The Kier molecular flexibility index (Phi) is 6.36. The minimum Gasteiger partial charge on any atom is -0.381 e. The number of carbonyl (C=O) groups excluding carboxylic acids is 2. The summed E-state index contributed by atoms with van der Waals surface area (Å²) in [5, 5.41) is 6.80. The predicted molar refractivity (Wildman–Crippen MR) is 147 cm³/mol. The van der Waals surface area contributed by atoms with Crippen molar-refractivity contribution >= 4 is 33.6 Å². The molecular weight excluding hydrogens is 516 g/mol. The molecule has 0 spiro atoms. The van der Waals surface area contributed by atoms with Crippen LogP contribution in [0.5, 0.6) is 0 Å². The Bertz CT molecular complexity index is 1570. The van der Waals surface area contributed by atoms with Crippen molar-refractivity contribution in [2.24, 2.45) is 5.92 Å². The second kappa shape index (κ2) is 9.62. The first-order valence-corrected chi connectivity index (χ1v) is 15.3. The summed E-state index contributed by atoms with van der Waals surface area (Å²) in [6.45, 7) is 4.18. The van der Waals surface area contributed by atoms with E-state index >= 15 is 0 Å². The SMILES string of the molecule is Cc1c(CN(C=O)C(C)C2CC2)cc(-c2ccn3nc(N)c(C(=O)NC4CC4)c3n2)cc1S(=O)(=O)C1CCC1. The zero-order chi connectivity index (χ0) is 27.5. The molecule has 2 heterocycles. The number of benzene rings is 1. The summed E-state index contributed by atoms with van der Waals surface area (Å²) in [5.74, 6) is 0.253. The van der Waals surface area contributed by atoms with Crippen LogP contribution in [0, 0.1) is 12.8 Å². The second-order valence-corrected chi connectivity index (χ2v) is 13.5. The van der Waals surface area contributed by atoms with Gasteiger partial charge in [0, 0.05) is 30.4 Å². The van der Waals surface area contributed by atoms with Crippen LogP contribution in [-0.2, 0) is 21.2 Å². The lowest BCUT2D eigenvalue weighted by Crippen LogP contribution is -2.33. The number of nitrogens with two attached hydrogens (primary N) is 1. The highest BCUT2D eigenvalue weighted by Gasteiger charge is 2.36. The van der Waals surface area contributed by atoms with E-state index in [1.807, 2.05) is 19.9 Å². The van der Waals surface area contributed by atoms with Crippen LogP contribution >= 0.6 is 0 Å². The average Bonchev–Trinajstić information content (AvgIpc) is 3.79. The Hall–Kier alpha value is -3.47. The fourth-order valence-corrected chi connectivity index (χ4v) is 7.51. The number of anilines is 1. The molecule has 3 N–H and O–H groups in total. The molecule has 2 amide bonds. The molecule has 2 aromatic heterocycles. The lowest BCUT2D eigenvalue weighted by Gasteiger charge is -2.29. The molecule has 0 bridgehead atoms. The van der Waals surface area contributed by atoms with E-state index in [1.54, 1.807) is 23.2 Å². The van der Waals surface area contributed by atoms with Gasteiger partial charge in [0.2, 0.25) is 6.41 Å². The Morgan fingerprint density at radius 3 is 2.59 bits per heavy atom. The topological polar surface area (TPSA) is 140 Å². The molecule has 6 rings (SSSR count). The van der Waals surface area contributed by atoms with E-state index in [9.17, 15) is 18.0 Å². The molecule has 3 aliphatic rings. The number of nitrogens with zero attached hydrogens (tertiary/aromatic N) is 4. The van der Waals surface area contributed by atoms with Crippen LogP contribution < -0.4 is 11.1 Å². The molecule has 3 aromatic rings. The summed E-state index contributed by atoms with van der Waals surface area (Å²) >= 11 is 0. The Morgan fingerprint density at radius 1 is 1.23 bits per heavy atom. The van der Waals surface area contributed by atoms with Crippen molar-refractivity contribution in [1.82, 2.24) is 24.8 Å². The maximum atomic E-state index is 13.7. The lowest BCUT2D eigenvalue weighted by atomic mass is 10.00. The zero-order valence-electron chi connectivity index (χ0n) is 22.3. The van der Waals surface area contributed by atoms with Gasteiger partial charge in [-0.05, 0) is 87.6 Å².